The monoisotopic (exact) mass is 300 g/mol. The molecule has 3 aromatic rings. The van der Waals surface area contributed by atoms with Crippen LogP contribution in [0, 0.1) is 6.92 Å². The molecule has 2 aromatic heterocycles. The Bertz CT molecular complexity index is 784. The highest BCUT2D eigenvalue weighted by atomic mass is 32.1. The summed E-state index contributed by atoms with van der Waals surface area (Å²) in [5.41, 5.74) is 8.59. The highest BCUT2D eigenvalue weighted by Crippen LogP contribution is 2.32. The Morgan fingerprint density at radius 2 is 2.19 bits per heavy atom. The summed E-state index contributed by atoms with van der Waals surface area (Å²) < 4.78 is 6.57. The highest BCUT2D eigenvalue weighted by molar-refractivity contribution is 7.22. The minimum atomic E-state index is 0.638. The molecule has 0 atom stereocenters. The van der Waals surface area contributed by atoms with E-state index >= 15 is 0 Å². The van der Waals surface area contributed by atoms with Gasteiger partial charge < -0.3 is 15.8 Å². The number of fused-ring (bicyclic) bond motifs is 1. The van der Waals surface area contributed by atoms with Crippen molar-refractivity contribution in [1.82, 2.24) is 9.97 Å². The van der Waals surface area contributed by atoms with Crippen molar-refractivity contribution in [1.29, 1.82) is 0 Å². The van der Waals surface area contributed by atoms with E-state index in [1.807, 2.05) is 38.1 Å². The molecule has 0 aliphatic rings. The van der Waals surface area contributed by atoms with Gasteiger partial charge in [0.1, 0.15) is 5.75 Å². The maximum Gasteiger partial charge on any atom is 0.189 e. The summed E-state index contributed by atoms with van der Waals surface area (Å²) in [5.74, 6) is 1.49. The highest BCUT2D eigenvalue weighted by Gasteiger charge is 2.08. The second-order valence-corrected chi connectivity index (χ2v) is 5.63. The molecule has 3 rings (SSSR count). The Hall–Kier alpha value is -2.34. The second kappa shape index (κ2) is 5.57. The number of ether oxygens (including phenoxy) is 1. The molecule has 3 N–H and O–H groups in total. The summed E-state index contributed by atoms with van der Waals surface area (Å²) >= 11 is 1.55. The molecule has 6 heteroatoms. The Balaban J connectivity index is 1.92. The third-order valence-corrected chi connectivity index (χ3v) is 4.04. The average Bonchev–Trinajstić information content (AvgIpc) is 2.86. The van der Waals surface area contributed by atoms with Crippen molar-refractivity contribution in [3.05, 3.63) is 36.0 Å². The van der Waals surface area contributed by atoms with Gasteiger partial charge in [0.05, 0.1) is 22.5 Å². The first-order valence-electron chi connectivity index (χ1n) is 6.69. The Morgan fingerprint density at radius 1 is 1.33 bits per heavy atom. The summed E-state index contributed by atoms with van der Waals surface area (Å²) in [6.45, 7) is 4.57. The van der Waals surface area contributed by atoms with Crippen molar-refractivity contribution in [3.63, 3.8) is 0 Å². The van der Waals surface area contributed by atoms with Crippen molar-refractivity contribution in [2.45, 2.75) is 13.8 Å². The number of anilines is 3. The van der Waals surface area contributed by atoms with E-state index in [0.29, 0.717) is 18.1 Å². The molecule has 1 aromatic carbocycles. The fraction of sp³-hybridized carbons (Fsp3) is 0.200. The Labute approximate surface area is 126 Å². The lowest BCUT2D eigenvalue weighted by molar-refractivity contribution is 0.341. The number of thiazole rings is 1. The zero-order valence-electron chi connectivity index (χ0n) is 11.9. The zero-order chi connectivity index (χ0) is 14.8. The minimum Gasteiger partial charge on any atom is -0.494 e. The predicted octanol–water partition coefficient (Wildman–Crippen LogP) is 3.72. The number of hydrogen-bond donors (Lipinski definition) is 2. The van der Waals surface area contributed by atoms with Crippen LogP contribution in [0.4, 0.5) is 16.6 Å². The van der Waals surface area contributed by atoms with E-state index in [2.05, 4.69) is 15.3 Å². The number of hydrogen-bond acceptors (Lipinski definition) is 6. The van der Waals surface area contributed by atoms with Gasteiger partial charge in [-0.15, -0.1) is 0 Å². The van der Waals surface area contributed by atoms with Gasteiger partial charge >= 0.3 is 0 Å². The van der Waals surface area contributed by atoms with Gasteiger partial charge in [0.2, 0.25) is 0 Å². The molecular weight excluding hydrogens is 284 g/mol. The van der Waals surface area contributed by atoms with Gasteiger partial charge in [0, 0.05) is 6.20 Å². The molecule has 21 heavy (non-hydrogen) atoms. The largest absolute Gasteiger partial charge is 0.494 e. The molecule has 0 spiro atoms. The maximum atomic E-state index is 6.02. The summed E-state index contributed by atoms with van der Waals surface area (Å²) in [6.07, 6.45) is 1.73. The van der Waals surface area contributed by atoms with Gasteiger partial charge in [-0.3, -0.25) is 0 Å². The van der Waals surface area contributed by atoms with Gasteiger partial charge in [-0.05, 0) is 43.7 Å². The van der Waals surface area contributed by atoms with Crippen LogP contribution in [0.15, 0.2) is 30.5 Å². The van der Waals surface area contributed by atoms with Crippen LogP contribution in [0.1, 0.15) is 12.5 Å². The molecule has 0 bridgehead atoms. The lowest BCUT2D eigenvalue weighted by Crippen LogP contribution is -2.00. The van der Waals surface area contributed by atoms with Crippen LogP contribution < -0.4 is 15.8 Å². The van der Waals surface area contributed by atoms with Crippen LogP contribution in [-0.4, -0.2) is 16.6 Å². The fourth-order valence-electron chi connectivity index (χ4n) is 1.99. The number of benzene rings is 1. The molecule has 0 saturated carbocycles. The van der Waals surface area contributed by atoms with E-state index < -0.39 is 0 Å². The molecule has 0 fully saturated rings. The number of aromatic nitrogens is 2. The van der Waals surface area contributed by atoms with Gasteiger partial charge in [-0.25, -0.2) is 9.97 Å². The van der Waals surface area contributed by atoms with Gasteiger partial charge in [0.15, 0.2) is 10.9 Å². The van der Waals surface area contributed by atoms with Crippen LogP contribution in [0.2, 0.25) is 0 Å². The molecule has 5 nitrogen and oxygen atoms in total. The van der Waals surface area contributed by atoms with E-state index in [0.717, 1.165) is 26.7 Å². The molecule has 0 amide bonds. The van der Waals surface area contributed by atoms with E-state index in [4.69, 9.17) is 10.5 Å². The van der Waals surface area contributed by atoms with Crippen molar-refractivity contribution < 1.29 is 4.74 Å². The first-order valence-corrected chi connectivity index (χ1v) is 7.50. The first kappa shape index (κ1) is 13.6. The molecule has 0 aliphatic carbocycles. The molecular formula is C15H16N4OS. The van der Waals surface area contributed by atoms with Crippen LogP contribution >= 0.6 is 11.3 Å². The number of nitrogens with zero attached hydrogens (tertiary/aromatic N) is 2. The topological polar surface area (TPSA) is 73.1 Å². The molecule has 108 valence electrons. The normalized spacial score (nSPS) is 10.8. The number of pyridine rings is 1. The SMILES string of the molecule is CCOc1ccc2nc(Nc3nccc(C)c3N)sc2c1. The summed E-state index contributed by atoms with van der Waals surface area (Å²) in [6, 6.07) is 7.76. The Morgan fingerprint density at radius 3 is 3.00 bits per heavy atom. The molecule has 0 saturated heterocycles. The predicted molar refractivity (Wildman–Crippen MR) is 87.5 cm³/mol. The third-order valence-electron chi connectivity index (χ3n) is 3.10. The summed E-state index contributed by atoms with van der Waals surface area (Å²) in [4.78, 5) is 8.79. The van der Waals surface area contributed by atoms with E-state index in [1.165, 1.54) is 0 Å². The number of nitrogen functional groups attached to an aromatic ring is 1. The lowest BCUT2D eigenvalue weighted by Gasteiger charge is -2.06. The molecule has 0 aliphatic heterocycles. The smallest absolute Gasteiger partial charge is 0.189 e. The maximum absolute atomic E-state index is 6.02. The van der Waals surface area contributed by atoms with E-state index in [1.54, 1.807) is 17.5 Å². The third kappa shape index (κ3) is 2.75. The van der Waals surface area contributed by atoms with Crippen molar-refractivity contribution in [3.8, 4) is 5.75 Å². The quantitative estimate of drug-likeness (QED) is 0.768. The minimum absolute atomic E-state index is 0.638. The number of nitrogens with two attached hydrogens (primary N) is 1. The molecule has 2 heterocycles. The van der Waals surface area contributed by atoms with Crippen LogP contribution in [-0.2, 0) is 0 Å². The van der Waals surface area contributed by atoms with Gasteiger partial charge in [-0.1, -0.05) is 11.3 Å². The zero-order valence-corrected chi connectivity index (χ0v) is 12.7. The van der Waals surface area contributed by atoms with Crippen LogP contribution in [0.3, 0.4) is 0 Å². The van der Waals surface area contributed by atoms with E-state index in [-0.39, 0.29) is 0 Å². The Kier molecular flexibility index (Phi) is 3.62. The van der Waals surface area contributed by atoms with Crippen molar-refractivity contribution in [2.24, 2.45) is 0 Å². The average molecular weight is 300 g/mol. The summed E-state index contributed by atoms with van der Waals surface area (Å²) in [5, 5.41) is 3.95. The summed E-state index contributed by atoms with van der Waals surface area (Å²) in [7, 11) is 0. The second-order valence-electron chi connectivity index (χ2n) is 4.60. The van der Waals surface area contributed by atoms with Gasteiger partial charge in [-0.2, -0.15) is 0 Å². The standard InChI is InChI=1S/C15H16N4OS/c1-3-20-10-4-5-11-12(8-10)21-15(18-11)19-14-13(16)9(2)6-7-17-14/h4-8H,3,16H2,1-2H3,(H,17,18,19). The lowest BCUT2D eigenvalue weighted by atomic mass is 10.2. The number of nitrogens with one attached hydrogen (secondary N) is 1. The number of aryl methyl sites for hydroxylation is 1. The molecule has 0 unspecified atom stereocenters. The van der Waals surface area contributed by atoms with E-state index in [9.17, 15) is 0 Å². The molecule has 0 radical (unpaired) electrons. The first-order chi connectivity index (χ1) is 10.2. The number of rotatable bonds is 4. The van der Waals surface area contributed by atoms with Crippen molar-refractivity contribution in [2.75, 3.05) is 17.7 Å². The fourth-order valence-corrected chi connectivity index (χ4v) is 2.88. The van der Waals surface area contributed by atoms with Gasteiger partial charge in [0.25, 0.3) is 0 Å². The van der Waals surface area contributed by atoms with Crippen molar-refractivity contribution >= 4 is 38.2 Å². The van der Waals surface area contributed by atoms with Crippen LogP contribution in [0.25, 0.3) is 10.2 Å². The van der Waals surface area contributed by atoms with Crippen LogP contribution in [0.5, 0.6) is 5.75 Å².